The van der Waals surface area contributed by atoms with Crippen molar-refractivity contribution >= 4 is 28.1 Å². The fraction of sp³-hybridized carbons (Fsp3) is 0.0909. The standard InChI is InChI=1S/C22H20N4/c1-17(16-22-23-20-14-8-9-15-21(20)24-22)25-26(18-10-4-2-5-11-18)19-12-6-3-7-13-19/h2-15H,16H2,1H3,(H,23,24). The van der Waals surface area contributed by atoms with Gasteiger partial charge in [0.05, 0.1) is 22.4 Å². The summed E-state index contributed by atoms with van der Waals surface area (Å²) in [7, 11) is 0. The molecule has 4 heteroatoms. The van der Waals surface area contributed by atoms with Crippen molar-refractivity contribution in [3.8, 4) is 0 Å². The summed E-state index contributed by atoms with van der Waals surface area (Å²) < 4.78 is 0. The van der Waals surface area contributed by atoms with Gasteiger partial charge in [-0.2, -0.15) is 5.10 Å². The monoisotopic (exact) mass is 340 g/mol. The second kappa shape index (κ2) is 7.23. The molecule has 4 rings (SSSR count). The van der Waals surface area contributed by atoms with Gasteiger partial charge in [0.15, 0.2) is 0 Å². The molecule has 4 aromatic rings. The summed E-state index contributed by atoms with van der Waals surface area (Å²) in [6, 6.07) is 28.4. The van der Waals surface area contributed by atoms with E-state index < -0.39 is 0 Å². The van der Waals surface area contributed by atoms with E-state index in [1.807, 2.05) is 72.6 Å². The largest absolute Gasteiger partial charge is 0.342 e. The maximum Gasteiger partial charge on any atom is 0.112 e. The Labute approximate surface area is 152 Å². The van der Waals surface area contributed by atoms with Crippen LogP contribution in [0.2, 0.25) is 0 Å². The highest BCUT2D eigenvalue weighted by molar-refractivity contribution is 5.86. The number of hydrogen-bond donors (Lipinski definition) is 1. The number of aromatic nitrogens is 2. The molecule has 0 unspecified atom stereocenters. The fourth-order valence-electron chi connectivity index (χ4n) is 2.94. The van der Waals surface area contributed by atoms with Crippen LogP contribution in [0.3, 0.4) is 0 Å². The Hall–Kier alpha value is -3.40. The third kappa shape index (κ3) is 3.49. The number of para-hydroxylation sites is 4. The molecule has 1 aromatic heterocycles. The Morgan fingerprint density at radius 2 is 1.42 bits per heavy atom. The van der Waals surface area contributed by atoms with Crippen molar-refractivity contribution in [2.75, 3.05) is 5.01 Å². The molecule has 0 aliphatic rings. The highest BCUT2D eigenvalue weighted by Crippen LogP contribution is 2.25. The van der Waals surface area contributed by atoms with Gasteiger partial charge in [0.25, 0.3) is 0 Å². The molecule has 0 amide bonds. The summed E-state index contributed by atoms with van der Waals surface area (Å²) >= 11 is 0. The van der Waals surface area contributed by atoms with E-state index in [0.717, 1.165) is 33.9 Å². The van der Waals surface area contributed by atoms with Crippen LogP contribution < -0.4 is 5.01 Å². The van der Waals surface area contributed by atoms with Crippen molar-refractivity contribution in [2.24, 2.45) is 5.10 Å². The summed E-state index contributed by atoms with van der Waals surface area (Å²) in [4.78, 5) is 8.02. The quantitative estimate of drug-likeness (QED) is 0.395. The van der Waals surface area contributed by atoms with Crippen LogP contribution in [-0.2, 0) is 6.42 Å². The normalized spacial score (nSPS) is 11.7. The lowest BCUT2D eigenvalue weighted by molar-refractivity contribution is 1.03. The van der Waals surface area contributed by atoms with Crippen LogP contribution in [0.15, 0.2) is 90.0 Å². The van der Waals surface area contributed by atoms with Crippen LogP contribution in [0.5, 0.6) is 0 Å². The van der Waals surface area contributed by atoms with Crippen molar-refractivity contribution in [2.45, 2.75) is 13.3 Å². The molecule has 0 aliphatic carbocycles. The maximum absolute atomic E-state index is 4.87. The van der Waals surface area contributed by atoms with E-state index in [1.54, 1.807) is 0 Å². The Kier molecular flexibility index (Phi) is 4.48. The third-order valence-electron chi connectivity index (χ3n) is 4.13. The van der Waals surface area contributed by atoms with Crippen molar-refractivity contribution < 1.29 is 0 Å². The first-order chi connectivity index (χ1) is 12.8. The zero-order valence-electron chi connectivity index (χ0n) is 14.6. The number of anilines is 2. The Balaban J connectivity index is 1.65. The van der Waals surface area contributed by atoms with Crippen LogP contribution >= 0.6 is 0 Å². The Morgan fingerprint density at radius 3 is 2.04 bits per heavy atom. The lowest BCUT2D eigenvalue weighted by Crippen LogP contribution is -2.13. The van der Waals surface area contributed by atoms with Crippen LogP contribution in [0.1, 0.15) is 12.7 Å². The summed E-state index contributed by atoms with van der Waals surface area (Å²) in [6.07, 6.45) is 0.671. The van der Waals surface area contributed by atoms with E-state index in [2.05, 4.69) is 34.2 Å². The Morgan fingerprint density at radius 1 is 0.846 bits per heavy atom. The Bertz CT molecular complexity index is 947. The number of fused-ring (bicyclic) bond motifs is 1. The summed E-state index contributed by atoms with van der Waals surface area (Å²) in [5.74, 6) is 0.925. The smallest absolute Gasteiger partial charge is 0.112 e. The highest BCUT2D eigenvalue weighted by atomic mass is 15.5. The van der Waals surface area contributed by atoms with Gasteiger partial charge in [-0.05, 0) is 43.3 Å². The molecule has 0 bridgehead atoms. The lowest BCUT2D eigenvalue weighted by Gasteiger charge is -2.20. The van der Waals surface area contributed by atoms with E-state index in [0.29, 0.717) is 6.42 Å². The summed E-state index contributed by atoms with van der Waals surface area (Å²) in [6.45, 7) is 2.03. The first-order valence-corrected chi connectivity index (χ1v) is 8.67. The molecule has 0 radical (unpaired) electrons. The molecular formula is C22H20N4. The van der Waals surface area contributed by atoms with Crippen LogP contribution in [0.25, 0.3) is 11.0 Å². The molecule has 4 nitrogen and oxygen atoms in total. The summed E-state index contributed by atoms with van der Waals surface area (Å²) in [5, 5.41) is 6.84. The number of imidazole rings is 1. The first-order valence-electron chi connectivity index (χ1n) is 8.67. The minimum absolute atomic E-state index is 0.671. The number of aromatic amines is 1. The minimum atomic E-state index is 0.671. The number of nitrogens with one attached hydrogen (secondary N) is 1. The van der Waals surface area contributed by atoms with Gasteiger partial charge in [-0.25, -0.2) is 9.99 Å². The molecule has 0 saturated heterocycles. The van der Waals surface area contributed by atoms with Crippen LogP contribution in [-0.4, -0.2) is 15.7 Å². The van der Waals surface area contributed by atoms with Crippen LogP contribution in [0, 0.1) is 0 Å². The molecule has 0 fully saturated rings. The molecule has 1 heterocycles. The number of hydrazone groups is 1. The molecule has 26 heavy (non-hydrogen) atoms. The number of hydrogen-bond acceptors (Lipinski definition) is 3. The average molecular weight is 340 g/mol. The van der Waals surface area contributed by atoms with Gasteiger partial charge in [-0.3, -0.25) is 0 Å². The lowest BCUT2D eigenvalue weighted by atomic mass is 10.2. The highest BCUT2D eigenvalue weighted by Gasteiger charge is 2.09. The molecule has 1 N–H and O–H groups in total. The van der Waals surface area contributed by atoms with Crippen molar-refractivity contribution in [1.29, 1.82) is 0 Å². The number of H-pyrrole nitrogens is 1. The predicted molar refractivity (Wildman–Crippen MR) is 108 cm³/mol. The van der Waals surface area contributed by atoms with E-state index in [9.17, 15) is 0 Å². The van der Waals surface area contributed by atoms with Crippen molar-refractivity contribution in [3.05, 3.63) is 90.8 Å². The molecule has 0 atom stereocenters. The topological polar surface area (TPSA) is 44.3 Å². The van der Waals surface area contributed by atoms with Gasteiger partial charge in [-0.1, -0.05) is 48.5 Å². The SMILES string of the molecule is CC(Cc1nc2ccccc2[nH]1)=NN(c1ccccc1)c1ccccc1. The molecule has 0 aliphatic heterocycles. The van der Waals surface area contributed by atoms with E-state index in [-0.39, 0.29) is 0 Å². The number of rotatable bonds is 5. The van der Waals surface area contributed by atoms with E-state index in [1.165, 1.54) is 0 Å². The number of benzene rings is 3. The average Bonchev–Trinajstić information content (AvgIpc) is 3.09. The third-order valence-corrected chi connectivity index (χ3v) is 4.13. The number of nitrogens with zero attached hydrogens (tertiary/aromatic N) is 3. The fourth-order valence-corrected chi connectivity index (χ4v) is 2.94. The summed E-state index contributed by atoms with van der Waals surface area (Å²) in [5.41, 5.74) is 5.08. The molecule has 3 aromatic carbocycles. The van der Waals surface area contributed by atoms with Gasteiger partial charge >= 0.3 is 0 Å². The molecular weight excluding hydrogens is 320 g/mol. The zero-order chi connectivity index (χ0) is 17.8. The zero-order valence-corrected chi connectivity index (χ0v) is 14.6. The first kappa shape index (κ1) is 16.1. The minimum Gasteiger partial charge on any atom is -0.342 e. The molecule has 128 valence electrons. The second-order valence-corrected chi connectivity index (χ2v) is 6.20. The van der Waals surface area contributed by atoms with E-state index in [4.69, 9.17) is 5.10 Å². The van der Waals surface area contributed by atoms with Gasteiger partial charge in [0, 0.05) is 12.1 Å². The van der Waals surface area contributed by atoms with Gasteiger partial charge < -0.3 is 4.98 Å². The van der Waals surface area contributed by atoms with Crippen molar-refractivity contribution in [3.63, 3.8) is 0 Å². The van der Waals surface area contributed by atoms with Crippen molar-refractivity contribution in [1.82, 2.24) is 9.97 Å². The second-order valence-electron chi connectivity index (χ2n) is 6.20. The maximum atomic E-state index is 4.87. The van der Waals surface area contributed by atoms with E-state index >= 15 is 0 Å². The molecule has 0 spiro atoms. The van der Waals surface area contributed by atoms with Gasteiger partial charge in [-0.15, -0.1) is 0 Å². The predicted octanol–water partition coefficient (Wildman–Crippen LogP) is 5.32. The van der Waals surface area contributed by atoms with Gasteiger partial charge in [0.2, 0.25) is 0 Å². The molecule has 0 saturated carbocycles. The van der Waals surface area contributed by atoms with Crippen LogP contribution in [0.4, 0.5) is 11.4 Å². The van der Waals surface area contributed by atoms with Gasteiger partial charge in [0.1, 0.15) is 5.82 Å².